The van der Waals surface area contributed by atoms with E-state index in [0.717, 1.165) is 28.9 Å². The molecule has 1 unspecified atom stereocenters. The molecule has 6 heteroatoms. The maximum atomic E-state index is 6.52. The van der Waals surface area contributed by atoms with Gasteiger partial charge in [0.15, 0.2) is 0 Å². The van der Waals surface area contributed by atoms with Crippen LogP contribution < -0.4 is 4.74 Å². The standard InChI is InChI=1S/C12H8Br3ClOS/c1-17-6-2-3-7(8(13)4-6)11(16)10-5-9(14)12(15)18-10/h2-5,11H,1H3. The zero-order chi connectivity index (χ0) is 13.3. The first-order chi connectivity index (χ1) is 8.52. The summed E-state index contributed by atoms with van der Waals surface area (Å²) >= 11 is 18.6. The minimum atomic E-state index is -0.183. The lowest BCUT2D eigenvalue weighted by Crippen LogP contribution is -1.93. The molecule has 0 saturated carbocycles. The number of hydrogen-bond donors (Lipinski definition) is 0. The minimum absolute atomic E-state index is 0.183. The minimum Gasteiger partial charge on any atom is -0.497 e. The van der Waals surface area contributed by atoms with Crippen molar-refractivity contribution in [1.29, 1.82) is 0 Å². The smallest absolute Gasteiger partial charge is 0.120 e. The van der Waals surface area contributed by atoms with Crippen LogP contribution in [0.3, 0.4) is 0 Å². The topological polar surface area (TPSA) is 9.23 Å². The molecule has 18 heavy (non-hydrogen) atoms. The lowest BCUT2D eigenvalue weighted by molar-refractivity contribution is 0.414. The molecule has 96 valence electrons. The van der Waals surface area contributed by atoms with E-state index in [1.165, 1.54) is 0 Å². The summed E-state index contributed by atoms with van der Waals surface area (Å²) in [5, 5.41) is -0.183. The molecule has 0 bridgehead atoms. The monoisotopic (exact) mass is 472 g/mol. The fraction of sp³-hybridized carbons (Fsp3) is 0.167. The second-order valence-electron chi connectivity index (χ2n) is 3.52. The zero-order valence-corrected chi connectivity index (χ0v) is 15.5. The van der Waals surface area contributed by atoms with Gasteiger partial charge in [-0.15, -0.1) is 22.9 Å². The van der Waals surface area contributed by atoms with Crippen molar-refractivity contribution in [3.8, 4) is 5.75 Å². The van der Waals surface area contributed by atoms with Gasteiger partial charge in [0, 0.05) is 13.8 Å². The molecule has 0 fully saturated rings. The first-order valence-corrected chi connectivity index (χ1v) is 8.58. The van der Waals surface area contributed by atoms with Crippen molar-refractivity contribution in [3.63, 3.8) is 0 Å². The predicted molar refractivity (Wildman–Crippen MR) is 88.1 cm³/mol. The largest absolute Gasteiger partial charge is 0.497 e. The van der Waals surface area contributed by atoms with Crippen molar-refractivity contribution in [1.82, 2.24) is 0 Å². The van der Waals surface area contributed by atoms with Crippen LogP contribution in [0.5, 0.6) is 5.75 Å². The molecule has 1 atom stereocenters. The average Bonchev–Trinajstić information content (AvgIpc) is 2.68. The second kappa shape index (κ2) is 6.27. The third kappa shape index (κ3) is 3.12. The third-order valence-electron chi connectivity index (χ3n) is 2.39. The Kier molecular flexibility index (Phi) is 5.17. The number of benzene rings is 1. The number of methoxy groups -OCH3 is 1. The first kappa shape index (κ1) is 14.9. The quantitative estimate of drug-likeness (QED) is 0.469. The van der Waals surface area contributed by atoms with Gasteiger partial charge < -0.3 is 4.74 Å². The third-order valence-corrected chi connectivity index (χ3v) is 7.00. The fourth-order valence-corrected chi connectivity index (χ4v) is 4.67. The van der Waals surface area contributed by atoms with E-state index in [9.17, 15) is 0 Å². The Morgan fingerprint density at radius 1 is 1.17 bits per heavy atom. The highest BCUT2D eigenvalue weighted by Gasteiger charge is 2.18. The summed E-state index contributed by atoms with van der Waals surface area (Å²) in [7, 11) is 1.65. The Labute approximate surface area is 140 Å². The Morgan fingerprint density at radius 2 is 1.89 bits per heavy atom. The van der Waals surface area contributed by atoms with Gasteiger partial charge in [0.05, 0.1) is 16.3 Å². The van der Waals surface area contributed by atoms with Crippen molar-refractivity contribution >= 4 is 70.7 Å². The molecule has 0 aliphatic rings. The summed E-state index contributed by atoms with van der Waals surface area (Å²) < 4.78 is 8.19. The molecule has 1 heterocycles. The second-order valence-corrected chi connectivity index (χ2v) is 8.07. The van der Waals surface area contributed by atoms with Gasteiger partial charge in [-0.3, -0.25) is 0 Å². The number of halogens is 4. The molecule has 0 aliphatic carbocycles. The highest BCUT2D eigenvalue weighted by atomic mass is 79.9. The molecule has 1 aromatic heterocycles. The van der Waals surface area contributed by atoms with Gasteiger partial charge in [-0.05, 0) is 55.6 Å². The Bertz CT molecular complexity index is 551. The van der Waals surface area contributed by atoms with Crippen LogP contribution in [-0.2, 0) is 0 Å². The maximum absolute atomic E-state index is 6.52. The van der Waals surface area contributed by atoms with Gasteiger partial charge in [-0.25, -0.2) is 0 Å². The van der Waals surface area contributed by atoms with Crippen molar-refractivity contribution < 1.29 is 4.74 Å². The first-order valence-electron chi connectivity index (χ1n) is 4.95. The molecule has 0 amide bonds. The summed E-state index contributed by atoms with van der Waals surface area (Å²) in [6, 6.07) is 7.83. The molecular weight excluding hydrogens is 467 g/mol. The van der Waals surface area contributed by atoms with Gasteiger partial charge in [-0.1, -0.05) is 22.0 Å². The molecule has 0 N–H and O–H groups in total. The summed E-state index contributed by atoms with van der Waals surface area (Å²) in [5.41, 5.74) is 1.03. The lowest BCUT2D eigenvalue weighted by Gasteiger charge is -2.11. The average molecular weight is 475 g/mol. The van der Waals surface area contributed by atoms with Crippen LogP contribution in [0.4, 0.5) is 0 Å². The van der Waals surface area contributed by atoms with Gasteiger partial charge >= 0.3 is 0 Å². The lowest BCUT2D eigenvalue weighted by atomic mass is 10.1. The van der Waals surface area contributed by atoms with Crippen LogP contribution in [-0.4, -0.2) is 7.11 Å². The van der Waals surface area contributed by atoms with E-state index in [1.54, 1.807) is 18.4 Å². The molecule has 2 rings (SSSR count). The highest BCUT2D eigenvalue weighted by molar-refractivity contribution is 9.13. The number of hydrogen-bond acceptors (Lipinski definition) is 2. The molecular formula is C12H8Br3ClOS. The van der Waals surface area contributed by atoms with Gasteiger partial charge in [0.2, 0.25) is 0 Å². The van der Waals surface area contributed by atoms with E-state index in [0.29, 0.717) is 0 Å². The van der Waals surface area contributed by atoms with Crippen molar-refractivity contribution in [3.05, 3.63) is 47.4 Å². The zero-order valence-electron chi connectivity index (χ0n) is 9.22. The van der Waals surface area contributed by atoms with E-state index in [1.807, 2.05) is 24.3 Å². The molecule has 1 nitrogen and oxygen atoms in total. The summed E-state index contributed by atoms with van der Waals surface area (Å²) in [5.74, 6) is 0.808. The number of alkyl halides is 1. The predicted octanol–water partition coefficient (Wildman–Crippen LogP) is 6.37. The van der Waals surface area contributed by atoms with E-state index in [2.05, 4.69) is 47.8 Å². The van der Waals surface area contributed by atoms with Crippen molar-refractivity contribution in [2.45, 2.75) is 5.38 Å². The molecule has 1 aromatic carbocycles. The molecule has 0 radical (unpaired) electrons. The van der Waals surface area contributed by atoms with Gasteiger partial charge in [0.1, 0.15) is 5.75 Å². The van der Waals surface area contributed by atoms with Crippen LogP contribution in [0.2, 0.25) is 0 Å². The van der Waals surface area contributed by atoms with Crippen LogP contribution >= 0.6 is 70.7 Å². The van der Waals surface area contributed by atoms with Crippen molar-refractivity contribution in [2.75, 3.05) is 7.11 Å². The number of ether oxygens (including phenoxy) is 1. The summed E-state index contributed by atoms with van der Waals surface area (Å²) in [6.07, 6.45) is 0. The van der Waals surface area contributed by atoms with E-state index >= 15 is 0 Å². The van der Waals surface area contributed by atoms with Crippen LogP contribution in [0.25, 0.3) is 0 Å². The van der Waals surface area contributed by atoms with Gasteiger partial charge in [0.25, 0.3) is 0 Å². The molecule has 0 spiro atoms. The normalized spacial score (nSPS) is 12.5. The van der Waals surface area contributed by atoms with Crippen molar-refractivity contribution in [2.24, 2.45) is 0 Å². The Hall–Kier alpha value is 0.450. The Morgan fingerprint density at radius 3 is 2.39 bits per heavy atom. The summed E-state index contributed by atoms with van der Waals surface area (Å²) in [4.78, 5) is 1.08. The molecule has 0 saturated heterocycles. The van der Waals surface area contributed by atoms with E-state index in [-0.39, 0.29) is 5.38 Å². The molecule has 0 aliphatic heterocycles. The molecule has 2 aromatic rings. The Balaban J connectivity index is 2.36. The summed E-state index contributed by atoms with van der Waals surface area (Å²) in [6.45, 7) is 0. The maximum Gasteiger partial charge on any atom is 0.120 e. The highest BCUT2D eigenvalue weighted by Crippen LogP contribution is 2.42. The fourth-order valence-electron chi connectivity index (χ4n) is 1.48. The number of thiophene rings is 1. The van der Waals surface area contributed by atoms with Crippen LogP contribution in [0, 0.1) is 0 Å². The van der Waals surface area contributed by atoms with Crippen LogP contribution in [0.1, 0.15) is 15.8 Å². The van der Waals surface area contributed by atoms with E-state index in [4.69, 9.17) is 16.3 Å². The van der Waals surface area contributed by atoms with E-state index < -0.39 is 0 Å². The SMILES string of the molecule is COc1ccc(C(Cl)c2cc(Br)c(Br)s2)c(Br)c1. The number of rotatable bonds is 3. The van der Waals surface area contributed by atoms with Crippen LogP contribution in [0.15, 0.2) is 37.0 Å². The van der Waals surface area contributed by atoms with Gasteiger partial charge in [-0.2, -0.15) is 0 Å².